The van der Waals surface area contributed by atoms with E-state index in [9.17, 15) is 9.59 Å². The molecule has 1 aromatic heterocycles. The van der Waals surface area contributed by atoms with Crippen LogP contribution in [0.15, 0.2) is 69.4 Å². The average Bonchev–Trinajstić information content (AvgIpc) is 3.34. The number of hydrazone groups is 1. The van der Waals surface area contributed by atoms with Crippen molar-refractivity contribution in [2.45, 2.75) is 17.7 Å². The predicted molar refractivity (Wildman–Crippen MR) is 117 cm³/mol. The number of hydrogen-bond donors (Lipinski definition) is 1. The number of amidine groups is 1. The van der Waals surface area contributed by atoms with E-state index < -0.39 is 0 Å². The van der Waals surface area contributed by atoms with Gasteiger partial charge in [-0.25, -0.2) is 4.98 Å². The molecule has 2 heterocycles. The summed E-state index contributed by atoms with van der Waals surface area (Å²) >= 11 is 2.88. The Bertz CT molecular complexity index is 1060. The van der Waals surface area contributed by atoms with E-state index in [1.165, 1.54) is 33.7 Å². The Morgan fingerprint density at radius 3 is 2.69 bits per heavy atom. The minimum Gasteiger partial charge on any atom is -0.312 e. The van der Waals surface area contributed by atoms with Crippen LogP contribution in [0.2, 0.25) is 0 Å². The molecule has 146 valence electrons. The van der Waals surface area contributed by atoms with Crippen molar-refractivity contribution < 1.29 is 9.59 Å². The summed E-state index contributed by atoms with van der Waals surface area (Å²) in [6.07, 6.45) is 0.0835. The number of aromatic nitrogens is 1. The lowest BCUT2D eigenvalue weighted by molar-refractivity contribution is -0.117. The zero-order valence-corrected chi connectivity index (χ0v) is 17.3. The number of para-hydroxylation sites is 1. The van der Waals surface area contributed by atoms with Gasteiger partial charge in [-0.15, -0.1) is 11.3 Å². The molecule has 2 amide bonds. The van der Waals surface area contributed by atoms with Crippen LogP contribution in [0.1, 0.15) is 12.0 Å². The first-order valence-corrected chi connectivity index (χ1v) is 10.9. The van der Waals surface area contributed by atoms with Crippen molar-refractivity contribution in [3.05, 3.63) is 65.5 Å². The van der Waals surface area contributed by atoms with Gasteiger partial charge in [0, 0.05) is 10.9 Å². The van der Waals surface area contributed by atoms with E-state index in [-0.39, 0.29) is 24.0 Å². The van der Waals surface area contributed by atoms with Gasteiger partial charge in [-0.3, -0.25) is 9.59 Å². The highest BCUT2D eigenvalue weighted by molar-refractivity contribution is 8.01. The molecule has 4 rings (SSSR count). The van der Waals surface area contributed by atoms with E-state index in [2.05, 4.69) is 27.5 Å². The van der Waals surface area contributed by atoms with E-state index in [0.717, 1.165) is 15.6 Å². The van der Waals surface area contributed by atoms with E-state index in [1.54, 1.807) is 12.1 Å². The van der Waals surface area contributed by atoms with Crippen LogP contribution in [0, 0.1) is 6.92 Å². The molecular weight excluding hydrogens is 404 g/mol. The number of amides is 2. The minimum absolute atomic E-state index is 0.0835. The summed E-state index contributed by atoms with van der Waals surface area (Å²) in [5.74, 6) is 0.202. The molecule has 0 atom stereocenters. The molecule has 0 spiro atoms. The van der Waals surface area contributed by atoms with E-state index in [1.807, 2.05) is 42.6 Å². The van der Waals surface area contributed by atoms with Crippen LogP contribution < -0.4 is 10.3 Å². The Hall–Kier alpha value is -2.97. The minimum atomic E-state index is -0.205. The maximum absolute atomic E-state index is 12.3. The van der Waals surface area contributed by atoms with Crippen molar-refractivity contribution in [2.75, 3.05) is 10.8 Å². The highest BCUT2D eigenvalue weighted by Crippen LogP contribution is 2.28. The van der Waals surface area contributed by atoms with Crippen molar-refractivity contribution in [3.8, 4) is 11.3 Å². The molecule has 6 nitrogen and oxygen atoms in total. The first kappa shape index (κ1) is 19.4. The van der Waals surface area contributed by atoms with Gasteiger partial charge in [-0.1, -0.05) is 59.8 Å². The van der Waals surface area contributed by atoms with Gasteiger partial charge in [0.2, 0.25) is 5.91 Å². The standard InChI is InChI=1S/C21H18N4O2S2/c1-14-7-9-15(10-8-14)17-12-28-21(22-17)29-13-19(26)23-18-11-20(27)25(24-18)16-5-3-2-4-6-16/h2-10,12H,11,13H2,1H3,(H,23,24,26). The number of nitrogens with one attached hydrogen (secondary N) is 1. The van der Waals surface area contributed by atoms with Gasteiger partial charge < -0.3 is 5.32 Å². The lowest BCUT2D eigenvalue weighted by Gasteiger charge is -2.10. The molecular formula is C21H18N4O2S2. The Kier molecular flexibility index (Phi) is 5.73. The zero-order valence-electron chi connectivity index (χ0n) is 15.7. The fraction of sp³-hybridized carbons (Fsp3) is 0.143. The van der Waals surface area contributed by atoms with Crippen LogP contribution in [-0.4, -0.2) is 28.4 Å². The SMILES string of the molecule is Cc1ccc(-c2csc(SCC(=O)NC3=NN(c4ccccc4)C(=O)C3)n2)cc1. The molecule has 0 fully saturated rings. The van der Waals surface area contributed by atoms with Crippen molar-refractivity contribution >= 4 is 46.4 Å². The summed E-state index contributed by atoms with van der Waals surface area (Å²) in [4.78, 5) is 29.0. The summed E-state index contributed by atoms with van der Waals surface area (Å²) in [5.41, 5.74) is 3.85. The molecule has 0 bridgehead atoms. The fourth-order valence-electron chi connectivity index (χ4n) is 2.77. The van der Waals surface area contributed by atoms with Crippen molar-refractivity contribution in [2.24, 2.45) is 5.10 Å². The molecule has 2 aromatic carbocycles. The van der Waals surface area contributed by atoms with E-state index in [4.69, 9.17) is 0 Å². The maximum Gasteiger partial charge on any atom is 0.255 e. The first-order chi connectivity index (χ1) is 14.1. The second-order valence-corrected chi connectivity index (χ2v) is 8.55. The lowest BCUT2D eigenvalue weighted by Crippen LogP contribution is -2.31. The average molecular weight is 423 g/mol. The largest absolute Gasteiger partial charge is 0.312 e. The number of thioether (sulfide) groups is 1. The van der Waals surface area contributed by atoms with Crippen molar-refractivity contribution in [1.82, 2.24) is 10.3 Å². The van der Waals surface area contributed by atoms with Gasteiger partial charge >= 0.3 is 0 Å². The third-order valence-corrected chi connectivity index (χ3v) is 6.24. The molecule has 0 aliphatic carbocycles. The molecule has 1 aliphatic heterocycles. The molecule has 0 unspecified atom stereocenters. The first-order valence-electron chi connectivity index (χ1n) is 8.99. The van der Waals surface area contributed by atoms with Gasteiger partial charge in [-0.05, 0) is 19.1 Å². The highest BCUT2D eigenvalue weighted by Gasteiger charge is 2.26. The third-order valence-electron chi connectivity index (χ3n) is 4.22. The van der Waals surface area contributed by atoms with E-state index in [0.29, 0.717) is 11.5 Å². The van der Waals surface area contributed by atoms with Gasteiger partial charge in [-0.2, -0.15) is 10.1 Å². The topological polar surface area (TPSA) is 74.7 Å². The van der Waals surface area contributed by atoms with Gasteiger partial charge in [0.1, 0.15) is 5.84 Å². The zero-order chi connectivity index (χ0) is 20.2. The Labute approximate surface area is 176 Å². The molecule has 8 heteroatoms. The van der Waals surface area contributed by atoms with Crippen molar-refractivity contribution in [3.63, 3.8) is 0 Å². The van der Waals surface area contributed by atoms with Gasteiger partial charge in [0.25, 0.3) is 5.91 Å². The van der Waals surface area contributed by atoms with Crippen LogP contribution >= 0.6 is 23.1 Å². The number of carbonyl (C=O) groups is 2. The third kappa shape index (κ3) is 4.72. The van der Waals surface area contributed by atoms with Crippen LogP contribution in [-0.2, 0) is 9.59 Å². The molecule has 0 saturated heterocycles. The Balaban J connectivity index is 1.33. The predicted octanol–water partition coefficient (Wildman–Crippen LogP) is 4.08. The quantitative estimate of drug-likeness (QED) is 0.629. The smallest absolute Gasteiger partial charge is 0.255 e. The number of hydrogen-bond acceptors (Lipinski definition) is 6. The summed E-state index contributed by atoms with van der Waals surface area (Å²) in [5, 5.41) is 10.3. The van der Waals surface area contributed by atoms with Crippen molar-refractivity contribution in [1.29, 1.82) is 0 Å². The van der Waals surface area contributed by atoms with Crippen LogP contribution in [0.5, 0.6) is 0 Å². The van der Waals surface area contributed by atoms with Crippen LogP contribution in [0.4, 0.5) is 5.69 Å². The second-order valence-electron chi connectivity index (χ2n) is 6.47. The fourth-order valence-corrected chi connectivity index (χ4v) is 4.41. The molecule has 3 aromatic rings. The monoisotopic (exact) mass is 422 g/mol. The lowest BCUT2D eigenvalue weighted by atomic mass is 10.1. The Morgan fingerprint density at radius 1 is 1.17 bits per heavy atom. The number of thiazole rings is 1. The summed E-state index contributed by atoms with van der Waals surface area (Å²) in [6, 6.07) is 17.3. The maximum atomic E-state index is 12.3. The number of anilines is 1. The summed E-state index contributed by atoms with van der Waals surface area (Å²) < 4.78 is 0.825. The number of aryl methyl sites for hydroxylation is 1. The summed E-state index contributed by atoms with van der Waals surface area (Å²) in [7, 11) is 0. The Morgan fingerprint density at radius 2 is 1.93 bits per heavy atom. The number of rotatable bonds is 5. The van der Waals surface area contributed by atoms with E-state index >= 15 is 0 Å². The van der Waals surface area contributed by atoms with Crippen LogP contribution in [0.25, 0.3) is 11.3 Å². The molecule has 1 N–H and O–H groups in total. The van der Waals surface area contributed by atoms with Gasteiger partial charge in [0.15, 0.2) is 4.34 Å². The number of nitrogens with zero attached hydrogens (tertiary/aromatic N) is 3. The summed E-state index contributed by atoms with van der Waals surface area (Å²) in [6.45, 7) is 2.05. The van der Waals surface area contributed by atoms with Gasteiger partial charge in [0.05, 0.1) is 23.6 Å². The highest BCUT2D eigenvalue weighted by atomic mass is 32.2. The van der Waals surface area contributed by atoms with Crippen LogP contribution in [0.3, 0.4) is 0 Å². The molecule has 0 saturated carbocycles. The molecule has 1 aliphatic rings. The number of benzene rings is 2. The molecule has 29 heavy (non-hydrogen) atoms. The number of carbonyl (C=O) groups excluding carboxylic acids is 2. The molecule has 0 radical (unpaired) electrons. The second kappa shape index (κ2) is 8.59. The normalized spacial score (nSPS) is 13.5.